The van der Waals surface area contributed by atoms with Crippen LogP contribution in [0.25, 0.3) is 0 Å². The Bertz CT molecular complexity index is 626. The molecule has 0 aromatic heterocycles. The second-order valence-electron chi connectivity index (χ2n) is 4.46. The molecule has 1 N–H and O–H groups in total. The Morgan fingerprint density at radius 3 is 2.24 bits per heavy atom. The van der Waals surface area contributed by atoms with Crippen LogP contribution in [-0.2, 0) is 13.2 Å². The monoisotopic (exact) mass is 315 g/mol. The molecule has 2 aromatic carbocycles. The fraction of sp³-hybridized carbons (Fsp3) is 0.200. The molecule has 0 bridgehead atoms. The van der Waals surface area contributed by atoms with Crippen LogP contribution in [-0.4, -0.2) is 7.05 Å². The summed E-state index contributed by atoms with van der Waals surface area (Å²) in [6.45, 7) is 0.237. The van der Waals surface area contributed by atoms with E-state index in [1.807, 2.05) is 0 Å². The van der Waals surface area contributed by atoms with E-state index >= 15 is 0 Å². The SMILES string of the molecule is CNCc1cc(F)c(OCc2ccc(F)c(Cl)c2)c(F)c1. The number of hydrogen-bond acceptors (Lipinski definition) is 2. The standard InChI is InChI=1S/C15H13ClF3NO/c1-20-7-10-5-13(18)15(14(19)6-10)21-8-9-2-3-12(17)11(16)4-9/h2-6,20H,7-8H2,1H3. The molecule has 0 atom stereocenters. The Kier molecular flexibility index (Phi) is 5.09. The zero-order chi connectivity index (χ0) is 15.4. The van der Waals surface area contributed by atoms with Gasteiger partial charge in [0.25, 0.3) is 0 Å². The number of nitrogens with one attached hydrogen (secondary N) is 1. The fourth-order valence-corrected chi connectivity index (χ4v) is 2.04. The maximum atomic E-state index is 13.8. The predicted molar refractivity (Wildman–Crippen MR) is 74.9 cm³/mol. The van der Waals surface area contributed by atoms with Crippen LogP contribution in [0.3, 0.4) is 0 Å². The molecule has 0 saturated carbocycles. The van der Waals surface area contributed by atoms with E-state index in [1.54, 1.807) is 7.05 Å². The van der Waals surface area contributed by atoms with Crippen LogP contribution in [0, 0.1) is 17.5 Å². The van der Waals surface area contributed by atoms with Gasteiger partial charge in [-0.25, -0.2) is 13.2 Å². The van der Waals surface area contributed by atoms with Gasteiger partial charge in [-0.2, -0.15) is 0 Å². The van der Waals surface area contributed by atoms with Gasteiger partial charge in [0, 0.05) is 6.54 Å². The molecule has 2 nitrogen and oxygen atoms in total. The van der Waals surface area contributed by atoms with E-state index in [0.717, 1.165) is 0 Å². The Morgan fingerprint density at radius 1 is 1.00 bits per heavy atom. The van der Waals surface area contributed by atoms with Crippen molar-refractivity contribution >= 4 is 11.6 Å². The van der Waals surface area contributed by atoms with Gasteiger partial charge >= 0.3 is 0 Å². The number of halogens is 4. The van der Waals surface area contributed by atoms with E-state index in [0.29, 0.717) is 17.7 Å². The summed E-state index contributed by atoms with van der Waals surface area (Å²) in [5, 5.41) is 2.73. The summed E-state index contributed by atoms with van der Waals surface area (Å²) in [5.74, 6) is -2.59. The zero-order valence-corrected chi connectivity index (χ0v) is 12.0. The van der Waals surface area contributed by atoms with Gasteiger partial charge in [0.2, 0.25) is 0 Å². The highest BCUT2D eigenvalue weighted by atomic mass is 35.5. The molecule has 2 rings (SSSR count). The molecule has 0 amide bonds. The number of hydrogen-bond donors (Lipinski definition) is 1. The largest absolute Gasteiger partial charge is 0.483 e. The second kappa shape index (κ2) is 6.83. The van der Waals surface area contributed by atoms with E-state index in [2.05, 4.69) is 5.32 Å². The fourth-order valence-electron chi connectivity index (χ4n) is 1.84. The molecule has 0 spiro atoms. The summed E-state index contributed by atoms with van der Waals surface area (Å²) in [7, 11) is 1.68. The van der Waals surface area contributed by atoms with Gasteiger partial charge in [0.15, 0.2) is 17.4 Å². The van der Waals surface area contributed by atoms with Gasteiger partial charge in [0.1, 0.15) is 12.4 Å². The molecule has 6 heteroatoms. The van der Waals surface area contributed by atoms with Crippen molar-refractivity contribution in [2.75, 3.05) is 7.05 Å². The third-order valence-corrected chi connectivity index (χ3v) is 3.10. The second-order valence-corrected chi connectivity index (χ2v) is 4.86. The van der Waals surface area contributed by atoms with Gasteiger partial charge < -0.3 is 10.1 Å². The lowest BCUT2D eigenvalue weighted by Crippen LogP contribution is -2.07. The quantitative estimate of drug-likeness (QED) is 0.898. The lowest BCUT2D eigenvalue weighted by Gasteiger charge is -2.10. The van der Waals surface area contributed by atoms with Gasteiger partial charge in [0.05, 0.1) is 5.02 Å². The molecular formula is C15H13ClF3NO. The minimum Gasteiger partial charge on any atom is -0.483 e. The van der Waals surface area contributed by atoms with E-state index in [1.165, 1.54) is 30.3 Å². The van der Waals surface area contributed by atoms with Crippen LogP contribution in [0.15, 0.2) is 30.3 Å². The van der Waals surface area contributed by atoms with Gasteiger partial charge in [-0.3, -0.25) is 0 Å². The lowest BCUT2D eigenvalue weighted by atomic mass is 10.2. The van der Waals surface area contributed by atoms with E-state index in [4.69, 9.17) is 16.3 Å². The molecule has 21 heavy (non-hydrogen) atoms. The first kappa shape index (κ1) is 15.7. The Labute approximate surface area is 125 Å². The molecule has 0 aliphatic rings. The number of rotatable bonds is 5. The van der Waals surface area contributed by atoms with Gasteiger partial charge in [-0.05, 0) is 42.4 Å². The van der Waals surface area contributed by atoms with Crippen LogP contribution in [0.2, 0.25) is 5.02 Å². The Hall–Kier alpha value is -1.72. The first-order chi connectivity index (χ1) is 10.0. The Morgan fingerprint density at radius 2 is 1.67 bits per heavy atom. The van der Waals surface area contributed by atoms with Crippen molar-refractivity contribution in [2.24, 2.45) is 0 Å². The highest BCUT2D eigenvalue weighted by Crippen LogP contribution is 2.25. The molecule has 0 fully saturated rings. The van der Waals surface area contributed by atoms with Crippen LogP contribution in [0.5, 0.6) is 5.75 Å². The topological polar surface area (TPSA) is 21.3 Å². The summed E-state index contributed by atoms with van der Waals surface area (Å²) in [6, 6.07) is 6.36. The maximum Gasteiger partial charge on any atom is 0.191 e. The van der Waals surface area contributed by atoms with Crippen molar-refractivity contribution in [1.82, 2.24) is 5.32 Å². The first-order valence-corrected chi connectivity index (χ1v) is 6.58. The number of benzene rings is 2. The molecule has 0 radical (unpaired) electrons. The minimum atomic E-state index is -0.784. The smallest absolute Gasteiger partial charge is 0.191 e. The summed E-state index contributed by atoms with van der Waals surface area (Å²) in [5.41, 5.74) is 0.990. The molecule has 112 valence electrons. The van der Waals surface area contributed by atoms with Crippen molar-refractivity contribution in [2.45, 2.75) is 13.2 Å². The minimum absolute atomic E-state index is 0.0681. The Balaban J connectivity index is 2.14. The molecule has 0 saturated heterocycles. The molecule has 0 unspecified atom stereocenters. The zero-order valence-electron chi connectivity index (χ0n) is 11.2. The van der Waals surface area contributed by atoms with Crippen molar-refractivity contribution < 1.29 is 17.9 Å². The van der Waals surface area contributed by atoms with Gasteiger partial charge in [-0.1, -0.05) is 17.7 Å². The van der Waals surface area contributed by atoms with Crippen LogP contribution < -0.4 is 10.1 Å². The third-order valence-electron chi connectivity index (χ3n) is 2.81. The molecule has 2 aromatic rings. The molecular weight excluding hydrogens is 303 g/mol. The average Bonchev–Trinajstić information content (AvgIpc) is 2.42. The predicted octanol–water partition coefficient (Wildman–Crippen LogP) is 4.06. The van der Waals surface area contributed by atoms with Crippen LogP contribution in [0.1, 0.15) is 11.1 Å². The highest BCUT2D eigenvalue weighted by Gasteiger charge is 2.13. The van der Waals surface area contributed by atoms with Crippen molar-refractivity contribution in [3.05, 3.63) is 63.9 Å². The van der Waals surface area contributed by atoms with Crippen LogP contribution >= 0.6 is 11.6 Å². The van der Waals surface area contributed by atoms with E-state index < -0.39 is 23.2 Å². The van der Waals surface area contributed by atoms with Gasteiger partial charge in [-0.15, -0.1) is 0 Å². The average molecular weight is 316 g/mol. The molecule has 0 heterocycles. The molecule has 0 aliphatic carbocycles. The summed E-state index contributed by atoms with van der Waals surface area (Å²) < 4.78 is 45.7. The highest BCUT2D eigenvalue weighted by molar-refractivity contribution is 6.30. The first-order valence-electron chi connectivity index (χ1n) is 6.20. The van der Waals surface area contributed by atoms with Crippen molar-refractivity contribution in [3.63, 3.8) is 0 Å². The summed E-state index contributed by atoms with van der Waals surface area (Å²) in [6.07, 6.45) is 0. The normalized spacial score (nSPS) is 10.7. The van der Waals surface area contributed by atoms with Crippen molar-refractivity contribution in [3.8, 4) is 5.75 Å². The van der Waals surface area contributed by atoms with E-state index in [9.17, 15) is 13.2 Å². The maximum absolute atomic E-state index is 13.8. The van der Waals surface area contributed by atoms with Crippen LogP contribution in [0.4, 0.5) is 13.2 Å². The van der Waals surface area contributed by atoms with E-state index in [-0.39, 0.29) is 11.6 Å². The van der Waals surface area contributed by atoms with Crippen molar-refractivity contribution in [1.29, 1.82) is 0 Å². The summed E-state index contributed by atoms with van der Waals surface area (Å²) >= 11 is 5.63. The lowest BCUT2D eigenvalue weighted by molar-refractivity contribution is 0.273. The third kappa shape index (κ3) is 3.89. The molecule has 0 aliphatic heterocycles. The number of ether oxygens (including phenoxy) is 1. The summed E-state index contributed by atoms with van der Waals surface area (Å²) in [4.78, 5) is 0.